The minimum absolute atomic E-state index is 0.0473. The van der Waals surface area contributed by atoms with Crippen molar-refractivity contribution in [3.63, 3.8) is 0 Å². The van der Waals surface area contributed by atoms with E-state index in [4.69, 9.17) is 35.2 Å². The molecule has 10 heteroatoms. The van der Waals surface area contributed by atoms with Gasteiger partial charge in [0.2, 0.25) is 0 Å². The number of methoxy groups -OCH3 is 4. The molecule has 4 N–H and O–H groups in total. The molecule has 1 aromatic heterocycles. The first-order chi connectivity index (χ1) is 18.4. The second kappa shape index (κ2) is 14.1. The van der Waals surface area contributed by atoms with Crippen molar-refractivity contribution in [2.45, 2.75) is 6.42 Å². The Labute approximate surface area is 222 Å². The molecule has 0 unspecified atom stereocenters. The fraction of sp³-hybridized carbons (Fsp3) is 0.250. The molecule has 10 nitrogen and oxygen atoms in total. The normalized spacial score (nSPS) is 10.9. The number of nitrogens with two attached hydrogens (primary N) is 2. The molecule has 0 aliphatic carbocycles. The highest BCUT2D eigenvalue weighted by molar-refractivity contribution is 5.75. The molecule has 0 saturated heterocycles. The summed E-state index contributed by atoms with van der Waals surface area (Å²) in [6, 6.07) is 13.4. The van der Waals surface area contributed by atoms with Crippen LogP contribution in [0, 0.1) is 0 Å². The van der Waals surface area contributed by atoms with Crippen molar-refractivity contribution in [2.75, 3.05) is 41.6 Å². The molecule has 2 aromatic carbocycles. The van der Waals surface area contributed by atoms with E-state index >= 15 is 0 Å². The van der Waals surface area contributed by atoms with Gasteiger partial charge in [-0.05, 0) is 53.6 Å². The van der Waals surface area contributed by atoms with Crippen LogP contribution in [0.15, 0.2) is 47.5 Å². The molecule has 0 atom stereocenters. The van der Waals surface area contributed by atoms with Crippen molar-refractivity contribution >= 4 is 30.3 Å². The van der Waals surface area contributed by atoms with Crippen LogP contribution in [-0.4, -0.2) is 57.5 Å². The molecule has 200 valence electrons. The van der Waals surface area contributed by atoms with Crippen LogP contribution in [0.2, 0.25) is 0 Å². The lowest BCUT2D eigenvalue weighted by atomic mass is 10.1. The number of benzene rings is 2. The Balaban J connectivity index is 1.86. The van der Waals surface area contributed by atoms with Crippen LogP contribution in [-0.2, 0) is 0 Å². The number of nitrogens with zero attached hydrogens (tertiary/aromatic N) is 3. The summed E-state index contributed by atoms with van der Waals surface area (Å²) in [5.41, 5.74) is 13.9. The quantitative estimate of drug-likeness (QED) is 0.196. The number of guanidine groups is 1. The highest BCUT2D eigenvalue weighted by atomic mass is 16.5. The Bertz CT molecular complexity index is 1220. The van der Waals surface area contributed by atoms with Crippen LogP contribution in [0.5, 0.6) is 29.0 Å². The summed E-state index contributed by atoms with van der Waals surface area (Å²) in [6.07, 6.45) is 8.22. The van der Waals surface area contributed by atoms with E-state index in [-0.39, 0.29) is 12.0 Å². The third-order valence-corrected chi connectivity index (χ3v) is 5.28. The lowest BCUT2D eigenvalue weighted by Crippen LogP contribution is -2.23. The zero-order valence-electron chi connectivity index (χ0n) is 22.0. The molecule has 0 spiro atoms. The minimum Gasteiger partial charge on any atom is -0.493 e. The number of aliphatic imine (C=N–C) groups is 1. The van der Waals surface area contributed by atoms with Gasteiger partial charge in [-0.3, -0.25) is 4.99 Å². The van der Waals surface area contributed by atoms with Crippen molar-refractivity contribution in [1.82, 2.24) is 9.97 Å². The van der Waals surface area contributed by atoms with Gasteiger partial charge >= 0.3 is 6.01 Å². The van der Waals surface area contributed by atoms with E-state index < -0.39 is 0 Å². The summed E-state index contributed by atoms with van der Waals surface area (Å²) >= 11 is 0. The molecule has 3 rings (SSSR count). The number of hydrogen-bond acceptors (Lipinski definition) is 8. The molecule has 1 heterocycles. The SMILES string of the molecule is COc1ccc(C=Cc2cc(C=Cc3ccc(OC)c(OC)c3)nc(OCCCN=C(N)N)n2)cc1OC. The van der Waals surface area contributed by atoms with Crippen LogP contribution in [0.3, 0.4) is 0 Å². The molecule has 3 aromatic rings. The van der Waals surface area contributed by atoms with E-state index in [1.54, 1.807) is 28.4 Å². The molecule has 0 amide bonds. The highest BCUT2D eigenvalue weighted by Crippen LogP contribution is 2.29. The maximum atomic E-state index is 5.79. The summed E-state index contributed by atoms with van der Waals surface area (Å²) in [5.74, 6) is 2.64. The van der Waals surface area contributed by atoms with Gasteiger partial charge < -0.3 is 35.2 Å². The summed E-state index contributed by atoms with van der Waals surface area (Å²) < 4.78 is 27.2. The van der Waals surface area contributed by atoms with Gasteiger partial charge in [-0.25, -0.2) is 0 Å². The molecule has 0 radical (unpaired) electrons. The first-order valence-corrected chi connectivity index (χ1v) is 11.8. The maximum Gasteiger partial charge on any atom is 0.317 e. The second-order valence-corrected chi connectivity index (χ2v) is 7.90. The van der Waals surface area contributed by atoms with Crippen LogP contribution in [0.25, 0.3) is 24.3 Å². The van der Waals surface area contributed by atoms with Gasteiger partial charge in [-0.15, -0.1) is 0 Å². The summed E-state index contributed by atoms with van der Waals surface area (Å²) in [6.45, 7) is 0.811. The molecule has 0 aliphatic rings. The van der Waals surface area contributed by atoms with Crippen molar-refractivity contribution in [2.24, 2.45) is 16.5 Å². The number of hydrogen-bond donors (Lipinski definition) is 2. The monoisotopic (exact) mass is 519 g/mol. The number of rotatable bonds is 13. The van der Waals surface area contributed by atoms with Gasteiger partial charge in [0, 0.05) is 13.0 Å². The molecule has 0 saturated carbocycles. The molecule has 0 aliphatic heterocycles. The number of aromatic nitrogens is 2. The lowest BCUT2D eigenvalue weighted by Gasteiger charge is -2.08. The van der Waals surface area contributed by atoms with Gasteiger partial charge in [0.15, 0.2) is 29.0 Å². The van der Waals surface area contributed by atoms with E-state index in [2.05, 4.69) is 15.0 Å². The second-order valence-electron chi connectivity index (χ2n) is 7.90. The Kier molecular flexibility index (Phi) is 10.3. The van der Waals surface area contributed by atoms with Gasteiger partial charge in [0.1, 0.15) is 0 Å². The first kappa shape index (κ1) is 27.9. The topological polar surface area (TPSA) is 136 Å². The summed E-state index contributed by atoms with van der Waals surface area (Å²) in [5, 5.41) is 0. The van der Waals surface area contributed by atoms with E-state index in [1.165, 1.54) is 0 Å². The highest BCUT2D eigenvalue weighted by Gasteiger charge is 2.06. The standard InChI is InChI=1S/C28H33N5O5/c1-34-23-12-8-19(16-25(23)36-3)6-10-21-18-22(33-28(32-21)38-15-5-14-31-27(29)30)11-7-20-9-13-24(35-2)26(17-20)37-4/h6-13,16-18H,5,14-15H2,1-4H3,(H4,29,30,31). The molecule has 0 bridgehead atoms. The van der Waals surface area contributed by atoms with E-state index in [1.807, 2.05) is 66.8 Å². The molecular weight excluding hydrogens is 486 g/mol. The third kappa shape index (κ3) is 8.16. The van der Waals surface area contributed by atoms with E-state index in [0.29, 0.717) is 54.0 Å². The largest absolute Gasteiger partial charge is 0.493 e. The average molecular weight is 520 g/mol. The predicted molar refractivity (Wildman–Crippen MR) is 150 cm³/mol. The Morgan fingerprint density at radius 1 is 0.711 bits per heavy atom. The summed E-state index contributed by atoms with van der Waals surface area (Å²) in [4.78, 5) is 13.0. The van der Waals surface area contributed by atoms with E-state index in [0.717, 1.165) is 11.1 Å². The zero-order valence-corrected chi connectivity index (χ0v) is 22.0. The fourth-order valence-corrected chi connectivity index (χ4v) is 3.41. The zero-order chi connectivity index (χ0) is 27.3. The smallest absolute Gasteiger partial charge is 0.317 e. The van der Waals surface area contributed by atoms with Gasteiger partial charge in [-0.2, -0.15) is 9.97 Å². The Hall–Kier alpha value is -4.73. The molecule has 38 heavy (non-hydrogen) atoms. The van der Waals surface area contributed by atoms with Crippen LogP contribution >= 0.6 is 0 Å². The number of ether oxygens (including phenoxy) is 5. The van der Waals surface area contributed by atoms with E-state index in [9.17, 15) is 0 Å². The summed E-state index contributed by atoms with van der Waals surface area (Å²) in [7, 11) is 6.40. The van der Waals surface area contributed by atoms with Gasteiger partial charge in [0.25, 0.3) is 0 Å². The van der Waals surface area contributed by atoms with Gasteiger partial charge in [0.05, 0.1) is 46.4 Å². The minimum atomic E-state index is 0.0473. The Morgan fingerprint density at radius 3 is 1.66 bits per heavy atom. The van der Waals surface area contributed by atoms with Crippen LogP contribution < -0.4 is 35.2 Å². The molecular formula is C28H33N5O5. The fourth-order valence-electron chi connectivity index (χ4n) is 3.41. The van der Waals surface area contributed by atoms with Crippen LogP contribution in [0.1, 0.15) is 28.9 Å². The third-order valence-electron chi connectivity index (χ3n) is 5.28. The van der Waals surface area contributed by atoms with Crippen LogP contribution in [0.4, 0.5) is 0 Å². The first-order valence-electron chi connectivity index (χ1n) is 11.8. The van der Waals surface area contributed by atoms with Crippen molar-refractivity contribution in [3.05, 3.63) is 65.0 Å². The lowest BCUT2D eigenvalue weighted by molar-refractivity contribution is 0.288. The molecule has 0 fully saturated rings. The van der Waals surface area contributed by atoms with Gasteiger partial charge in [-0.1, -0.05) is 24.3 Å². The van der Waals surface area contributed by atoms with Crippen molar-refractivity contribution in [3.8, 4) is 29.0 Å². The Morgan fingerprint density at radius 2 is 1.21 bits per heavy atom. The van der Waals surface area contributed by atoms with Crippen molar-refractivity contribution < 1.29 is 23.7 Å². The average Bonchev–Trinajstić information content (AvgIpc) is 2.94. The maximum absolute atomic E-state index is 5.79. The van der Waals surface area contributed by atoms with Crippen molar-refractivity contribution in [1.29, 1.82) is 0 Å². The predicted octanol–water partition coefficient (Wildman–Crippen LogP) is 3.89.